The molecule has 2 rings (SSSR count). The number of rotatable bonds is 3. The number of aromatic nitrogens is 1. The molecule has 0 saturated heterocycles. The second-order valence-corrected chi connectivity index (χ2v) is 3.71. The summed E-state index contributed by atoms with van der Waals surface area (Å²) in [5.74, 6) is 0.956. The number of hydrogen-bond donors (Lipinski definition) is 2. The van der Waals surface area contributed by atoms with E-state index in [0.29, 0.717) is 17.2 Å². The summed E-state index contributed by atoms with van der Waals surface area (Å²) in [5, 5.41) is 11.7. The second-order valence-electron chi connectivity index (χ2n) is 3.71. The van der Waals surface area contributed by atoms with E-state index in [1.54, 1.807) is 18.3 Å². The van der Waals surface area contributed by atoms with Crippen molar-refractivity contribution in [2.75, 3.05) is 0 Å². The Morgan fingerprint density at radius 3 is 2.78 bits per heavy atom. The van der Waals surface area contributed by atoms with Crippen molar-refractivity contribution in [3.05, 3.63) is 53.7 Å². The summed E-state index contributed by atoms with van der Waals surface area (Å²) >= 11 is 0. The van der Waals surface area contributed by atoms with E-state index in [9.17, 15) is 0 Å². The van der Waals surface area contributed by atoms with Crippen molar-refractivity contribution in [3.63, 3.8) is 0 Å². The molecule has 1 aromatic carbocycles. The van der Waals surface area contributed by atoms with Crippen LogP contribution in [0.1, 0.15) is 11.1 Å². The van der Waals surface area contributed by atoms with Gasteiger partial charge in [0, 0.05) is 6.20 Å². The fourth-order valence-electron chi connectivity index (χ4n) is 1.50. The molecule has 1 heterocycles. The van der Waals surface area contributed by atoms with E-state index in [4.69, 9.17) is 15.7 Å². The van der Waals surface area contributed by atoms with Crippen LogP contribution in [-0.2, 0) is 0 Å². The number of nitrogens with zero attached hydrogens (tertiary/aromatic N) is 2. The lowest BCUT2D eigenvalue weighted by atomic mass is 10.2. The number of para-hydroxylation sites is 1. The summed E-state index contributed by atoms with van der Waals surface area (Å²) in [6, 6.07) is 10.9. The summed E-state index contributed by atoms with van der Waals surface area (Å²) in [6.45, 7) is 1.93. The van der Waals surface area contributed by atoms with Gasteiger partial charge in [0.25, 0.3) is 0 Å². The Kier molecular flexibility index (Phi) is 3.43. The molecule has 18 heavy (non-hydrogen) atoms. The van der Waals surface area contributed by atoms with Gasteiger partial charge in [-0.3, -0.25) is 0 Å². The van der Waals surface area contributed by atoms with Crippen molar-refractivity contribution >= 4 is 5.84 Å². The summed E-state index contributed by atoms with van der Waals surface area (Å²) in [4.78, 5) is 4.09. The minimum Gasteiger partial charge on any atom is -0.438 e. The van der Waals surface area contributed by atoms with Gasteiger partial charge in [-0.05, 0) is 30.7 Å². The van der Waals surface area contributed by atoms with E-state index in [1.165, 1.54) is 0 Å². The van der Waals surface area contributed by atoms with Gasteiger partial charge >= 0.3 is 0 Å². The van der Waals surface area contributed by atoms with Gasteiger partial charge in [0.2, 0.25) is 5.88 Å². The van der Waals surface area contributed by atoms with Crippen LogP contribution in [0.5, 0.6) is 11.6 Å². The van der Waals surface area contributed by atoms with Gasteiger partial charge in [-0.15, -0.1) is 0 Å². The van der Waals surface area contributed by atoms with Gasteiger partial charge in [0.15, 0.2) is 5.84 Å². The van der Waals surface area contributed by atoms with Crippen LogP contribution in [0.2, 0.25) is 0 Å². The van der Waals surface area contributed by atoms with Gasteiger partial charge < -0.3 is 15.7 Å². The van der Waals surface area contributed by atoms with Crippen LogP contribution >= 0.6 is 0 Å². The molecule has 0 spiro atoms. The lowest BCUT2D eigenvalue weighted by Crippen LogP contribution is -2.14. The van der Waals surface area contributed by atoms with Crippen LogP contribution in [0, 0.1) is 6.92 Å². The molecule has 0 aliphatic rings. The summed E-state index contributed by atoms with van der Waals surface area (Å²) in [7, 11) is 0. The molecule has 5 nitrogen and oxygen atoms in total. The van der Waals surface area contributed by atoms with Crippen LogP contribution in [0.25, 0.3) is 0 Å². The van der Waals surface area contributed by atoms with Crippen molar-refractivity contribution in [2.45, 2.75) is 6.92 Å². The Morgan fingerprint density at radius 1 is 1.28 bits per heavy atom. The van der Waals surface area contributed by atoms with E-state index in [0.717, 1.165) is 5.56 Å². The van der Waals surface area contributed by atoms with Crippen LogP contribution in [0.4, 0.5) is 0 Å². The van der Waals surface area contributed by atoms with Crippen LogP contribution < -0.4 is 10.5 Å². The van der Waals surface area contributed by atoms with Crippen molar-refractivity contribution < 1.29 is 9.94 Å². The summed E-state index contributed by atoms with van der Waals surface area (Å²) < 4.78 is 5.68. The highest BCUT2D eigenvalue weighted by Gasteiger charge is 2.10. The third-order valence-electron chi connectivity index (χ3n) is 2.46. The third kappa shape index (κ3) is 2.40. The molecule has 0 amide bonds. The summed E-state index contributed by atoms with van der Waals surface area (Å²) in [5.41, 5.74) is 6.99. The molecule has 0 unspecified atom stereocenters. The van der Waals surface area contributed by atoms with Gasteiger partial charge in [0.05, 0.1) is 5.56 Å². The zero-order chi connectivity index (χ0) is 13.0. The molecule has 0 aliphatic heterocycles. The Morgan fingerprint density at radius 2 is 2.06 bits per heavy atom. The molecule has 1 aromatic heterocycles. The number of aryl methyl sites for hydroxylation is 1. The number of oxime groups is 1. The van der Waals surface area contributed by atoms with Crippen LogP contribution in [0.15, 0.2) is 47.8 Å². The fraction of sp³-hybridized carbons (Fsp3) is 0.0769. The lowest BCUT2D eigenvalue weighted by molar-refractivity contribution is 0.318. The standard InChI is InChI=1S/C13H13N3O2/c1-9-5-2-3-7-11(9)18-13-10(12(14)16-17)6-4-8-15-13/h2-8,17H,1H3,(H2,14,16). The van der Waals surface area contributed by atoms with Crippen LogP contribution in [0.3, 0.4) is 0 Å². The van der Waals surface area contributed by atoms with Gasteiger partial charge in [-0.2, -0.15) is 0 Å². The smallest absolute Gasteiger partial charge is 0.230 e. The first-order valence-corrected chi connectivity index (χ1v) is 5.39. The largest absolute Gasteiger partial charge is 0.438 e. The van der Waals surface area contributed by atoms with Gasteiger partial charge in [0.1, 0.15) is 5.75 Å². The number of ether oxygens (including phenoxy) is 1. The first kappa shape index (κ1) is 11.9. The number of benzene rings is 1. The van der Waals surface area contributed by atoms with E-state index < -0.39 is 0 Å². The SMILES string of the molecule is Cc1ccccc1Oc1ncccc1/C(N)=N/O. The van der Waals surface area contributed by atoms with E-state index >= 15 is 0 Å². The zero-order valence-corrected chi connectivity index (χ0v) is 9.87. The highest BCUT2D eigenvalue weighted by molar-refractivity contribution is 5.99. The predicted octanol–water partition coefficient (Wildman–Crippen LogP) is 2.28. The number of amidine groups is 1. The lowest BCUT2D eigenvalue weighted by Gasteiger charge is -2.10. The van der Waals surface area contributed by atoms with Gasteiger partial charge in [-0.25, -0.2) is 4.98 Å². The molecule has 0 atom stereocenters. The normalized spacial score (nSPS) is 11.3. The molecule has 2 aromatic rings. The van der Waals surface area contributed by atoms with E-state index in [2.05, 4.69) is 10.1 Å². The topological polar surface area (TPSA) is 80.7 Å². The molecule has 0 saturated carbocycles. The van der Waals surface area contributed by atoms with Crippen molar-refractivity contribution in [2.24, 2.45) is 10.9 Å². The average Bonchev–Trinajstić information content (AvgIpc) is 2.41. The van der Waals surface area contributed by atoms with Gasteiger partial charge in [-0.1, -0.05) is 23.4 Å². The molecule has 3 N–H and O–H groups in total. The Labute approximate surface area is 105 Å². The van der Waals surface area contributed by atoms with Crippen LogP contribution in [-0.4, -0.2) is 16.0 Å². The minimum absolute atomic E-state index is 0.0355. The Bertz CT molecular complexity index is 582. The molecule has 0 fully saturated rings. The number of pyridine rings is 1. The Hall–Kier alpha value is -2.56. The van der Waals surface area contributed by atoms with E-state index in [-0.39, 0.29) is 5.84 Å². The van der Waals surface area contributed by atoms with Crippen molar-refractivity contribution in [3.8, 4) is 11.6 Å². The molecule has 0 bridgehead atoms. The van der Waals surface area contributed by atoms with Crippen molar-refractivity contribution in [1.82, 2.24) is 4.98 Å². The highest BCUT2D eigenvalue weighted by atomic mass is 16.5. The molecule has 0 aliphatic carbocycles. The molecule has 92 valence electrons. The molecule has 0 radical (unpaired) electrons. The highest BCUT2D eigenvalue weighted by Crippen LogP contribution is 2.25. The maximum Gasteiger partial charge on any atom is 0.230 e. The monoisotopic (exact) mass is 243 g/mol. The maximum absolute atomic E-state index is 8.71. The second kappa shape index (κ2) is 5.18. The fourth-order valence-corrected chi connectivity index (χ4v) is 1.50. The minimum atomic E-state index is -0.0355. The zero-order valence-electron chi connectivity index (χ0n) is 9.87. The quantitative estimate of drug-likeness (QED) is 0.375. The first-order valence-electron chi connectivity index (χ1n) is 5.39. The molecule has 5 heteroatoms. The maximum atomic E-state index is 8.71. The average molecular weight is 243 g/mol. The number of hydrogen-bond acceptors (Lipinski definition) is 4. The number of nitrogens with two attached hydrogens (primary N) is 1. The van der Waals surface area contributed by atoms with Crippen molar-refractivity contribution in [1.29, 1.82) is 0 Å². The molecular weight excluding hydrogens is 230 g/mol. The first-order chi connectivity index (χ1) is 8.72. The Balaban J connectivity index is 2.38. The predicted molar refractivity (Wildman–Crippen MR) is 68.0 cm³/mol. The summed E-state index contributed by atoms with van der Waals surface area (Å²) in [6.07, 6.45) is 1.59. The third-order valence-corrected chi connectivity index (χ3v) is 2.46. The van der Waals surface area contributed by atoms with E-state index in [1.807, 2.05) is 31.2 Å². The molecular formula is C13H13N3O2.